The van der Waals surface area contributed by atoms with Crippen molar-refractivity contribution in [1.82, 2.24) is 20.4 Å². The lowest BCUT2D eigenvalue weighted by Crippen LogP contribution is -2.39. The molecule has 2 aromatic heterocycles. The fourth-order valence-electron chi connectivity index (χ4n) is 1.71. The zero-order valence-electron chi connectivity index (χ0n) is 14.8. The Labute approximate surface area is 162 Å². The van der Waals surface area contributed by atoms with E-state index in [0.717, 1.165) is 0 Å². The normalized spacial score (nSPS) is 10.4. The number of rotatable bonds is 7. The average Bonchev–Trinajstić information content (AvgIpc) is 2.67. The molecule has 1 amide bonds. The summed E-state index contributed by atoms with van der Waals surface area (Å²) >= 11 is 0. The van der Waals surface area contributed by atoms with Crippen molar-refractivity contribution >= 4 is 17.8 Å². The monoisotopic (exact) mass is 415 g/mol. The van der Waals surface area contributed by atoms with Crippen LogP contribution in [0.4, 0.5) is 13.2 Å². The number of amides is 1. The summed E-state index contributed by atoms with van der Waals surface area (Å²) in [6.45, 7) is 0.694. The molecule has 0 aliphatic carbocycles. The predicted molar refractivity (Wildman–Crippen MR) is 85.8 cm³/mol. The van der Waals surface area contributed by atoms with E-state index in [0.29, 0.717) is 24.4 Å². The molecular weight excluding hydrogens is 399 g/mol. The highest BCUT2D eigenvalue weighted by atomic mass is 19.4. The highest BCUT2D eigenvalue weighted by Crippen LogP contribution is 2.11. The summed E-state index contributed by atoms with van der Waals surface area (Å²) < 4.78 is 33.0. The number of carboxylic acid groups (broad SMARTS) is 2. The molecule has 0 unspecified atom stereocenters. The molecular formula is C16H16F3N5O5. The molecule has 0 bridgehead atoms. The predicted octanol–water partition coefficient (Wildman–Crippen LogP) is -1.10. The van der Waals surface area contributed by atoms with Crippen LogP contribution in [0.15, 0.2) is 36.9 Å². The Morgan fingerprint density at radius 3 is 2.31 bits per heavy atom. The number of hydrogen-bond acceptors (Lipinski definition) is 7. The Morgan fingerprint density at radius 2 is 1.83 bits per heavy atom. The minimum atomic E-state index is -5.19. The van der Waals surface area contributed by atoms with E-state index in [-0.39, 0.29) is 18.9 Å². The van der Waals surface area contributed by atoms with Crippen LogP contribution >= 0.6 is 0 Å². The number of alkyl halides is 3. The van der Waals surface area contributed by atoms with E-state index in [4.69, 9.17) is 15.0 Å². The fraction of sp³-hybridized carbons (Fsp3) is 0.312. The second-order valence-electron chi connectivity index (χ2n) is 5.28. The molecule has 10 nitrogen and oxygen atoms in total. The van der Waals surface area contributed by atoms with Gasteiger partial charge in [-0.2, -0.15) is 13.2 Å². The van der Waals surface area contributed by atoms with Gasteiger partial charge < -0.3 is 20.3 Å². The smallest absolute Gasteiger partial charge is 0.430 e. The highest BCUT2D eigenvalue weighted by molar-refractivity contribution is 5.93. The second-order valence-corrected chi connectivity index (χ2v) is 5.28. The minimum Gasteiger partial charge on any atom is -0.542 e. The second kappa shape index (κ2) is 11.3. The van der Waals surface area contributed by atoms with Crippen LogP contribution in [0.1, 0.15) is 22.6 Å². The molecule has 0 spiro atoms. The standard InChI is InChI=1S/C14H15N5O3.C2HF3O2/c20-13(21)4-9-19-8-3-11(10-18-19)14(22)17-7-2-12-15-5-1-6-16-12;3-2(4,5)1(6)7/h1,3,5-6,8,10H,2,4,7,9H2,(H-,17,20,21,22);(H,6,7). The Morgan fingerprint density at radius 1 is 1.21 bits per heavy atom. The van der Waals surface area contributed by atoms with Crippen molar-refractivity contribution in [3.05, 3.63) is 48.3 Å². The van der Waals surface area contributed by atoms with E-state index in [1.165, 1.54) is 10.9 Å². The number of aryl methyl sites for hydroxylation is 1. The van der Waals surface area contributed by atoms with Gasteiger partial charge in [-0.15, -0.1) is 0 Å². The van der Waals surface area contributed by atoms with Crippen LogP contribution in [0.3, 0.4) is 0 Å². The number of carbonyl (C=O) groups is 3. The van der Waals surface area contributed by atoms with Crippen molar-refractivity contribution in [2.75, 3.05) is 6.54 Å². The Bertz CT molecular complexity index is 816. The average molecular weight is 415 g/mol. The van der Waals surface area contributed by atoms with Crippen LogP contribution < -0.4 is 15.1 Å². The lowest BCUT2D eigenvalue weighted by atomic mass is 10.3. The molecule has 29 heavy (non-hydrogen) atoms. The van der Waals surface area contributed by atoms with Crippen molar-refractivity contribution in [3.8, 4) is 0 Å². The molecule has 2 aromatic rings. The van der Waals surface area contributed by atoms with Gasteiger partial charge in [0.2, 0.25) is 0 Å². The van der Waals surface area contributed by atoms with Crippen LogP contribution in [0, 0.1) is 0 Å². The molecule has 0 aromatic carbocycles. The van der Waals surface area contributed by atoms with E-state index in [2.05, 4.69) is 20.4 Å². The Balaban J connectivity index is 0.000000516. The molecule has 2 rings (SSSR count). The third-order valence-electron chi connectivity index (χ3n) is 3.07. The number of nitrogens with zero attached hydrogens (tertiary/aromatic N) is 4. The first-order valence-corrected chi connectivity index (χ1v) is 7.99. The number of carbonyl (C=O) groups excluding carboxylic acids is 2. The molecule has 156 valence electrons. The van der Waals surface area contributed by atoms with Crippen LogP contribution in [0.25, 0.3) is 0 Å². The topological polar surface area (TPSA) is 149 Å². The molecule has 0 fully saturated rings. The van der Waals surface area contributed by atoms with Crippen LogP contribution in [0.5, 0.6) is 0 Å². The minimum absolute atomic E-state index is 0.0136. The summed E-state index contributed by atoms with van der Waals surface area (Å²) in [5.41, 5.74) is 0.417. The number of hydrogen-bond donors (Lipinski definition) is 2. The van der Waals surface area contributed by atoms with Gasteiger partial charge in [0.05, 0.1) is 5.56 Å². The van der Waals surface area contributed by atoms with Gasteiger partial charge in [0, 0.05) is 31.4 Å². The van der Waals surface area contributed by atoms with Gasteiger partial charge in [0.25, 0.3) is 5.91 Å². The van der Waals surface area contributed by atoms with E-state index < -0.39 is 18.1 Å². The van der Waals surface area contributed by atoms with Gasteiger partial charge in [-0.1, -0.05) is 4.68 Å². The summed E-state index contributed by atoms with van der Waals surface area (Å²) in [6.07, 6.45) is 1.64. The number of aliphatic carboxylic acids is 2. The summed E-state index contributed by atoms with van der Waals surface area (Å²) in [5, 5.41) is 24.1. The van der Waals surface area contributed by atoms with Gasteiger partial charge >= 0.3 is 12.1 Å². The maximum atomic E-state index is 11.9. The number of halogens is 3. The molecule has 0 saturated heterocycles. The van der Waals surface area contributed by atoms with Crippen molar-refractivity contribution in [2.45, 2.75) is 25.6 Å². The highest BCUT2D eigenvalue weighted by Gasteiger charge is 2.28. The van der Waals surface area contributed by atoms with Gasteiger partial charge in [-0.25, -0.2) is 9.97 Å². The Hall–Kier alpha value is -3.64. The molecule has 0 aliphatic heterocycles. The molecule has 2 heterocycles. The number of nitrogens with one attached hydrogen (secondary N) is 1. The maximum absolute atomic E-state index is 11.9. The molecule has 0 atom stereocenters. The van der Waals surface area contributed by atoms with E-state index >= 15 is 0 Å². The zero-order valence-corrected chi connectivity index (χ0v) is 14.8. The van der Waals surface area contributed by atoms with Gasteiger partial charge in [-0.05, 0) is 11.2 Å². The Kier molecular flexibility index (Phi) is 9.08. The van der Waals surface area contributed by atoms with E-state index in [1.807, 2.05) is 0 Å². The molecule has 0 radical (unpaired) electrons. The third-order valence-corrected chi connectivity index (χ3v) is 3.07. The molecule has 0 aliphatic rings. The summed E-state index contributed by atoms with van der Waals surface area (Å²) in [7, 11) is 0. The van der Waals surface area contributed by atoms with Crippen molar-refractivity contribution in [1.29, 1.82) is 0 Å². The molecule has 0 saturated carbocycles. The summed E-state index contributed by atoms with van der Waals surface area (Å²) in [5.74, 6) is -3.47. The largest absolute Gasteiger partial charge is 0.542 e. The lowest BCUT2D eigenvalue weighted by molar-refractivity contribution is -0.753. The first-order chi connectivity index (χ1) is 13.6. The summed E-state index contributed by atoms with van der Waals surface area (Å²) in [4.78, 5) is 39.3. The van der Waals surface area contributed by atoms with Gasteiger partial charge in [-0.3, -0.25) is 9.59 Å². The summed E-state index contributed by atoms with van der Waals surface area (Å²) in [6, 6.07) is 3.33. The van der Waals surface area contributed by atoms with Crippen LogP contribution in [0.2, 0.25) is 0 Å². The third kappa shape index (κ3) is 9.74. The molecule has 2 N–H and O–H groups in total. The first-order valence-electron chi connectivity index (χ1n) is 7.99. The van der Waals surface area contributed by atoms with Crippen molar-refractivity contribution in [3.63, 3.8) is 0 Å². The van der Waals surface area contributed by atoms with Gasteiger partial charge in [0.15, 0.2) is 12.7 Å². The first kappa shape index (κ1) is 23.4. The van der Waals surface area contributed by atoms with Crippen LogP contribution in [-0.4, -0.2) is 50.7 Å². The SMILES string of the molecule is O=C(O)CC[n+]1ccc(C(=O)NCCc2ncccn2)cn1.O=C([O-])C(F)(F)F. The fourth-order valence-corrected chi connectivity index (χ4v) is 1.71. The van der Waals surface area contributed by atoms with E-state index in [9.17, 15) is 22.8 Å². The number of carboxylic acids is 2. The van der Waals surface area contributed by atoms with Crippen LogP contribution in [-0.2, 0) is 22.6 Å². The van der Waals surface area contributed by atoms with Crippen molar-refractivity contribution < 1.29 is 42.4 Å². The number of aromatic nitrogens is 4. The molecule has 13 heteroatoms. The van der Waals surface area contributed by atoms with E-state index in [1.54, 1.807) is 30.7 Å². The zero-order chi connectivity index (χ0) is 21.9. The van der Waals surface area contributed by atoms with Crippen molar-refractivity contribution in [2.24, 2.45) is 0 Å². The lowest BCUT2D eigenvalue weighted by Gasteiger charge is -2.03. The van der Waals surface area contributed by atoms with Gasteiger partial charge in [0.1, 0.15) is 24.4 Å². The maximum Gasteiger partial charge on any atom is 0.430 e. The quantitative estimate of drug-likeness (QED) is 0.542.